The fraction of sp³-hybridized carbons (Fsp3) is 0.188. The van der Waals surface area contributed by atoms with Crippen LogP contribution < -0.4 is 10.5 Å². The molecule has 1 aliphatic rings. The van der Waals surface area contributed by atoms with Crippen LogP contribution in [0.3, 0.4) is 0 Å². The third-order valence-corrected chi connectivity index (χ3v) is 3.81. The standard InChI is InChI=1S/C16H12ClF2NO3/c17-12-6-8(11-2-1-3-13(18)14(11)19)4-9-5-10(23-15(9)12)7-22-16(20)21/h1-4,6,10H,5,7H2,(H2,20,21). The number of primary amides is 1. The van der Waals surface area contributed by atoms with E-state index in [0.717, 1.165) is 11.6 Å². The molecular weight excluding hydrogens is 328 g/mol. The fourth-order valence-corrected chi connectivity index (χ4v) is 2.82. The predicted molar refractivity (Wildman–Crippen MR) is 80.5 cm³/mol. The second-order valence-corrected chi connectivity index (χ2v) is 5.53. The third kappa shape index (κ3) is 3.07. The number of halogens is 3. The van der Waals surface area contributed by atoms with Crippen molar-refractivity contribution in [1.29, 1.82) is 0 Å². The molecule has 1 amide bonds. The molecule has 4 nitrogen and oxygen atoms in total. The number of benzene rings is 2. The summed E-state index contributed by atoms with van der Waals surface area (Å²) in [4.78, 5) is 10.6. The lowest BCUT2D eigenvalue weighted by atomic mass is 10.0. The molecular formula is C16H12ClF2NO3. The van der Waals surface area contributed by atoms with Gasteiger partial charge in [0.05, 0.1) is 5.02 Å². The van der Waals surface area contributed by atoms with Crippen molar-refractivity contribution in [3.05, 3.63) is 52.6 Å². The topological polar surface area (TPSA) is 61.6 Å². The summed E-state index contributed by atoms with van der Waals surface area (Å²) in [5.41, 5.74) is 6.21. The average molecular weight is 340 g/mol. The lowest BCUT2D eigenvalue weighted by Gasteiger charge is -2.10. The Morgan fingerprint density at radius 3 is 2.91 bits per heavy atom. The minimum Gasteiger partial charge on any atom is -0.485 e. The lowest BCUT2D eigenvalue weighted by Crippen LogP contribution is -2.25. The summed E-state index contributed by atoms with van der Waals surface area (Å²) in [5.74, 6) is -1.41. The largest absolute Gasteiger partial charge is 0.485 e. The molecule has 0 radical (unpaired) electrons. The van der Waals surface area contributed by atoms with Gasteiger partial charge in [-0.25, -0.2) is 13.6 Å². The van der Waals surface area contributed by atoms with E-state index in [1.807, 2.05) is 0 Å². The molecule has 0 fully saturated rings. The van der Waals surface area contributed by atoms with Crippen LogP contribution in [0.4, 0.5) is 13.6 Å². The van der Waals surface area contributed by atoms with Crippen molar-refractivity contribution >= 4 is 17.7 Å². The maximum atomic E-state index is 13.9. The number of nitrogens with two attached hydrogens (primary N) is 1. The fourth-order valence-electron chi connectivity index (χ4n) is 2.54. The Labute approximate surface area is 135 Å². The Morgan fingerprint density at radius 1 is 1.39 bits per heavy atom. The normalized spacial score (nSPS) is 15.9. The number of fused-ring (bicyclic) bond motifs is 1. The highest BCUT2D eigenvalue weighted by molar-refractivity contribution is 6.32. The molecule has 0 aromatic heterocycles. The van der Waals surface area contributed by atoms with Crippen LogP contribution in [-0.2, 0) is 11.2 Å². The minimum absolute atomic E-state index is 0.00992. The molecule has 7 heteroatoms. The molecule has 2 N–H and O–H groups in total. The van der Waals surface area contributed by atoms with E-state index in [4.69, 9.17) is 26.8 Å². The van der Waals surface area contributed by atoms with Gasteiger partial charge in [0.2, 0.25) is 0 Å². The van der Waals surface area contributed by atoms with Crippen LogP contribution in [0.1, 0.15) is 5.56 Å². The molecule has 1 atom stereocenters. The zero-order chi connectivity index (χ0) is 16.6. The van der Waals surface area contributed by atoms with Crippen LogP contribution in [0, 0.1) is 11.6 Å². The first-order valence-corrected chi connectivity index (χ1v) is 7.19. The highest BCUT2D eigenvalue weighted by atomic mass is 35.5. The molecule has 0 aliphatic carbocycles. The second kappa shape index (κ2) is 6.04. The highest BCUT2D eigenvalue weighted by Crippen LogP contribution is 2.40. The summed E-state index contributed by atoms with van der Waals surface area (Å²) in [5, 5.41) is 0.280. The van der Waals surface area contributed by atoms with Crippen LogP contribution in [0.25, 0.3) is 11.1 Å². The van der Waals surface area contributed by atoms with Gasteiger partial charge < -0.3 is 15.2 Å². The van der Waals surface area contributed by atoms with Gasteiger partial charge in [-0.15, -0.1) is 0 Å². The van der Waals surface area contributed by atoms with Gasteiger partial charge in [-0.1, -0.05) is 23.7 Å². The van der Waals surface area contributed by atoms with E-state index >= 15 is 0 Å². The van der Waals surface area contributed by atoms with Crippen molar-refractivity contribution in [2.24, 2.45) is 5.73 Å². The number of amides is 1. The maximum Gasteiger partial charge on any atom is 0.404 e. The monoisotopic (exact) mass is 339 g/mol. The molecule has 3 rings (SSSR count). The first kappa shape index (κ1) is 15.6. The van der Waals surface area contributed by atoms with Gasteiger partial charge in [-0.2, -0.15) is 0 Å². The number of hydrogen-bond donors (Lipinski definition) is 1. The van der Waals surface area contributed by atoms with Crippen molar-refractivity contribution in [2.45, 2.75) is 12.5 Å². The number of ether oxygens (including phenoxy) is 2. The summed E-state index contributed by atoms with van der Waals surface area (Å²) in [7, 11) is 0. The molecule has 120 valence electrons. The molecule has 0 saturated carbocycles. The third-order valence-electron chi connectivity index (χ3n) is 3.53. The zero-order valence-electron chi connectivity index (χ0n) is 11.8. The van der Waals surface area contributed by atoms with E-state index in [-0.39, 0.29) is 17.2 Å². The molecule has 0 saturated heterocycles. The Kier molecular flexibility index (Phi) is 4.09. The van der Waals surface area contributed by atoms with E-state index < -0.39 is 23.8 Å². The van der Waals surface area contributed by atoms with Gasteiger partial charge in [0.15, 0.2) is 11.6 Å². The van der Waals surface area contributed by atoms with Crippen molar-refractivity contribution in [3.63, 3.8) is 0 Å². The number of carbonyl (C=O) groups is 1. The van der Waals surface area contributed by atoms with E-state index in [9.17, 15) is 13.6 Å². The predicted octanol–water partition coefficient (Wildman–Crippen LogP) is 3.68. The Balaban J connectivity index is 1.91. The Bertz CT molecular complexity index is 782. The summed E-state index contributed by atoms with van der Waals surface area (Å²) >= 11 is 6.17. The Morgan fingerprint density at radius 2 is 2.17 bits per heavy atom. The van der Waals surface area contributed by atoms with Crippen LogP contribution >= 0.6 is 11.6 Å². The van der Waals surface area contributed by atoms with E-state index in [1.54, 1.807) is 6.07 Å². The van der Waals surface area contributed by atoms with Gasteiger partial charge in [-0.3, -0.25) is 0 Å². The summed E-state index contributed by atoms with van der Waals surface area (Å²) in [6, 6.07) is 7.14. The first-order chi connectivity index (χ1) is 11.0. The van der Waals surface area contributed by atoms with Crippen molar-refractivity contribution in [3.8, 4) is 16.9 Å². The molecule has 1 aliphatic heterocycles. The van der Waals surface area contributed by atoms with Crippen molar-refractivity contribution in [2.75, 3.05) is 6.61 Å². The average Bonchev–Trinajstić information content (AvgIpc) is 2.91. The van der Waals surface area contributed by atoms with E-state index in [0.29, 0.717) is 17.7 Å². The molecule has 0 bridgehead atoms. The van der Waals surface area contributed by atoms with Gasteiger partial charge in [0.25, 0.3) is 0 Å². The molecule has 1 unspecified atom stereocenters. The van der Waals surface area contributed by atoms with Gasteiger partial charge >= 0.3 is 6.09 Å². The Hall–Kier alpha value is -2.34. The molecule has 0 spiro atoms. The first-order valence-electron chi connectivity index (χ1n) is 6.81. The summed E-state index contributed by atoms with van der Waals surface area (Å²) in [6.45, 7) is -0.00992. The quantitative estimate of drug-likeness (QED) is 0.927. The van der Waals surface area contributed by atoms with E-state index in [2.05, 4.69) is 0 Å². The SMILES string of the molecule is NC(=O)OCC1Cc2cc(-c3cccc(F)c3F)cc(Cl)c2O1. The summed E-state index contributed by atoms with van der Waals surface area (Å²) in [6.07, 6.45) is -0.881. The van der Waals surface area contributed by atoms with Gasteiger partial charge in [-0.05, 0) is 23.8 Å². The molecule has 2 aromatic carbocycles. The second-order valence-electron chi connectivity index (χ2n) is 5.12. The van der Waals surface area contributed by atoms with Crippen molar-refractivity contribution in [1.82, 2.24) is 0 Å². The maximum absolute atomic E-state index is 13.9. The van der Waals surface area contributed by atoms with E-state index in [1.165, 1.54) is 18.2 Å². The smallest absolute Gasteiger partial charge is 0.404 e. The van der Waals surface area contributed by atoms with Gasteiger partial charge in [0.1, 0.15) is 18.5 Å². The van der Waals surface area contributed by atoms with Crippen LogP contribution in [0.15, 0.2) is 30.3 Å². The van der Waals surface area contributed by atoms with Crippen LogP contribution in [0.5, 0.6) is 5.75 Å². The zero-order valence-corrected chi connectivity index (χ0v) is 12.6. The molecule has 1 heterocycles. The highest BCUT2D eigenvalue weighted by Gasteiger charge is 2.27. The van der Waals surface area contributed by atoms with Gasteiger partial charge in [0, 0.05) is 17.5 Å². The van der Waals surface area contributed by atoms with Crippen molar-refractivity contribution < 1.29 is 23.0 Å². The van der Waals surface area contributed by atoms with Crippen LogP contribution in [-0.4, -0.2) is 18.8 Å². The minimum atomic E-state index is -0.934. The molecule has 23 heavy (non-hydrogen) atoms. The summed E-state index contributed by atoms with van der Waals surface area (Å²) < 4.78 is 37.6. The number of hydrogen-bond acceptors (Lipinski definition) is 3. The number of rotatable bonds is 3. The van der Waals surface area contributed by atoms with Crippen LogP contribution in [0.2, 0.25) is 5.02 Å². The molecule has 2 aromatic rings. The number of carbonyl (C=O) groups excluding carboxylic acids is 1. The lowest BCUT2D eigenvalue weighted by molar-refractivity contribution is 0.0989.